The van der Waals surface area contributed by atoms with Crippen molar-refractivity contribution in [1.82, 2.24) is 10.3 Å². The molecule has 1 aliphatic rings. The summed E-state index contributed by atoms with van der Waals surface area (Å²) < 4.78 is 0. The molecule has 0 bridgehead atoms. The van der Waals surface area contributed by atoms with Crippen molar-refractivity contribution in [1.29, 1.82) is 0 Å². The number of nitrogens with one attached hydrogen (secondary N) is 1. The van der Waals surface area contributed by atoms with E-state index in [9.17, 15) is 14.4 Å². The lowest BCUT2D eigenvalue weighted by molar-refractivity contribution is 0.0951. The highest BCUT2D eigenvalue weighted by atomic mass is 16.2. The molecule has 0 saturated heterocycles. The fourth-order valence-corrected chi connectivity index (χ4v) is 3.51. The smallest absolute Gasteiger partial charge is 0.255 e. The normalized spacial score (nSPS) is 13.4. The molecule has 8 nitrogen and oxygen atoms in total. The van der Waals surface area contributed by atoms with E-state index in [1.807, 2.05) is 23.1 Å². The number of fused-ring (bicyclic) bond motifs is 1. The van der Waals surface area contributed by atoms with Crippen LogP contribution in [0.3, 0.4) is 0 Å². The lowest BCUT2D eigenvalue weighted by Crippen LogP contribution is -2.44. The summed E-state index contributed by atoms with van der Waals surface area (Å²) in [5.41, 5.74) is 14.2. The number of amides is 1. The summed E-state index contributed by atoms with van der Waals surface area (Å²) in [7, 11) is 0. The molecule has 2 heterocycles. The van der Waals surface area contributed by atoms with Gasteiger partial charge in [-0.15, -0.1) is 0 Å². The van der Waals surface area contributed by atoms with Crippen LogP contribution < -0.4 is 32.5 Å². The number of aromatic nitrogens is 1. The van der Waals surface area contributed by atoms with E-state index in [0.29, 0.717) is 30.9 Å². The van der Waals surface area contributed by atoms with Gasteiger partial charge in [-0.2, -0.15) is 0 Å². The summed E-state index contributed by atoms with van der Waals surface area (Å²) in [6.45, 7) is 1.48. The molecule has 2 aromatic carbocycles. The van der Waals surface area contributed by atoms with E-state index in [4.69, 9.17) is 11.5 Å². The monoisotopic (exact) mass is 377 g/mol. The molecule has 28 heavy (non-hydrogen) atoms. The van der Waals surface area contributed by atoms with E-state index in [0.717, 1.165) is 17.5 Å². The molecule has 0 unspecified atom stereocenters. The molecule has 8 heteroatoms. The predicted octanol–water partition coefficient (Wildman–Crippen LogP) is 0.335. The fraction of sp³-hybridized carbons (Fsp3) is 0.200. The summed E-state index contributed by atoms with van der Waals surface area (Å²) in [6, 6.07) is 9.27. The fourth-order valence-electron chi connectivity index (χ4n) is 3.51. The lowest BCUT2D eigenvalue weighted by atomic mass is 9.96. The highest BCUT2D eigenvalue weighted by molar-refractivity contribution is 5.98. The number of carbonyl (C=O) groups is 1. The van der Waals surface area contributed by atoms with Gasteiger partial charge in [0, 0.05) is 25.8 Å². The van der Waals surface area contributed by atoms with Gasteiger partial charge >= 0.3 is 0 Å². The molecule has 3 aromatic rings. The number of anilines is 3. The van der Waals surface area contributed by atoms with Crippen LogP contribution in [0, 0.1) is 0 Å². The first kappa shape index (κ1) is 17.7. The van der Waals surface area contributed by atoms with Crippen molar-refractivity contribution < 1.29 is 4.79 Å². The largest absolute Gasteiger partial charge is 0.394 e. The second kappa shape index (κ2) is 6.80. The van der Waals surface area contributed by atoms with Gasteiger partial charge in [0.15, 0.2) is 0 Å². The minimum Gasteiger partial charge on any atom is -0.394 e. The van der Waals surface area contributed by atoms with Crippen LogP contribution >= 0.6 is 0 Å². The first-order valence-corrected chi connectivity index (χ1v) is 8.89. The Bertz CT molecular complexity index is 1150. The number of benzene rings is 1. The first-order valence-electron chi connectivity index (χ1n) is 8.89. The van der Waals surface area contributed by atoms with Crippen LogP contribution in [-0.2, 0) is 19.5 Å². The standard InChI is InChI=1S/C20H19N5O3/c21-15-16(18(27)17(15)26)25-7-5-12-4-3-11(8-13(12)10-25)9-24-20(28)14-2-1-6-23-19(14)22/h1-4,6,8H,5,7,9-10,21H2,(H2,22,23)(H,24,28). The molecule has 142 valence electrons. The Morgan fingerprint density at radius 1 is 1.14 bits per heavy atom. The molecule has 0 atom stereocenters. The van der Waals surface area contributed by atoms with Crippen LogP contribution in [0.5, 0.6) is 0 Å². The molecule has 1 amide bonds. The van der Waals surface area contributed by atoms with Crippen LogP contribution in [0.4, 0.5) is 17.2 Å². The number of nitrogens with zero attached hydrogens (tertiary/aromatic N) is 2. The van der Waals surface area contributed by atoms with E-state index in [1.165, 1.54) is 11.8 Å². The third-order valence-electron chi connectivity index (χ3n) is 5.06. The molecule has 5 N–H and O–H groups in total. The van der Waals surface area contributed by atoms with Gasteiger partial charge < -0.3 is 21.7 Å². The molecule has 0 fully saturated rings. The van der Waals surface area contributed by atoms with E-state index in [1.54, 1.807) is 12.1 Å². The van der Waals surface area contributed by atoms with Gasteiger partial charge in [-0.25, -0.2) is 4.98 Å². The third kappa shape index (κ3) is 2.98. The van der Waals surface area contributed by atoms with E-state index < -0.39 is 10.9 Å². The lowest BCUT2D eigenvalue weighted by Gasteiger charge is -2.32. The van der Waals surface area contributed by atoms with Gasteiger partial charge in [0.25, 0.3) is 16.8 Å². The molecular formula is C20H19N5O3. The summed E-state index contributed by atoms with van der Waals surface area (Å²) >= 11 is 0. The predicted molar refractivity (Wildman–Crippen MR) is 107 cm³/mol. The zero-order valence-electron chi connectivity index (χ0n) is 15.1. The van der Waals surface area contributed by atoms with Crippen LogP contribution in [-0.4, -0.2) is 17.4 Å². The van der Waals surface area contributed by atoms with Gasteiger partial charge in [0.2, 0.25) is 0 Å². The second-order valence-corrected chi connectivity index (χ2v) is 6.81. The summed E-state index contributed by atoms with van der Waals surface area (Å²) in [6.07, 6.45) is 2.29. The van der Waals surface area contributed by atoms with Gasteiger partial charge in [-0.05, 0) is 35.2 Å². The Balaban J connectivity index is 1.48. The summed E-state index contributed by atoms with van der Waals surface area (Å²) in [5, 5.41) is 2.84. The highest BCUT2D eigenvalue weighted by Crippen LogP contribution is 2.26. The number of carbonyl (C=O) groups excluding carboxylic acids is 1. The van der Waals surface area contributed by atoms with Gasteiger partial charge in [0.1, 0.15) is 17.2 Å². The van der Waals surface area contributed by atoms with E-state index >= 15 is 0 Å². The molecule has 0 aliphatic carbocycles. The first-order chi connectivity index (χ1) is 13.5. The van der Waals surface area contributed by atoms with Crippen LogP contribution in [0.2, 0.25) is 0 Å². The zero-order valence-corrected chi connectivity index (χ0v) is 15.1. The molecule has 0 radical (unpaired) electrons. The Labute approximate surface area is 160 Å². The minimum absolute atomic E-state index is 0.0472. The Morgan fingerprint density at radius 3 is 2.71 bits per heavy atom. The van der Waals surface area contributed by atoms with Crippen LogP contribution in [0.25, 0.3) is 0 Å². The Morgan fingerprint density at radius 2 is 1.96 bits per heavy atom. The SMILES string of the molecule is Nc1ncccc1C(=O)NCc1ccc2c(c1)CN(c1c(N)c(=O)c1=O)CC2. The third-order valence-corrected chi connectivity index (χ3v) is 5.06. The summed E-state index contributed by atoms with van der Waals surface area (Å²) in [5.74, 6) is -0.104. The van der Waals surface area contributed by atoms with Gasteiger partial charge in [0.05, 0.1) is 5.56 Å². The van der Waals surface area contributed by atoms with Crippen LogP contribution in [0.1, 0.15) is 27.0 Å². The maximum atomic E-state index is 12.3. The number of nitrogen functional groups attached to an aromatic ring is 2. The Kier molecular flexibility index (Phi) is 4.31. The summed E-state index contributed by atoms with van der Waals surface area (Å²) in [4.78, 5) is 41.2. The van der Waals surface area contributed by atoms with Crippen molar-refractivity contribution >= 4 is 23.1 Å². The Hall–Kier alpha value is -3.68. The van der Waals surface area contributed by atoms with E-state index in [2.05, 4.69) is 10.3 Å². The second-order valence-electron chi connectivity index (χ2n) is 6.81. The van der Waals surface area contributed by atoms with Crippen molar-refractivity contribution in [2.45, 2.75) is 19.5 Å². The molecular weight excluding hydrogens is 358 g/mol. The molecule has 1 aliphatic heterocycles. The molecule has 0 saturated carbocycles. The van der Waals surface area contributed by atoms with Crippen molar-refractivity contribution in [3.05, 3.63) is 79.2 Å². The number of pyridine rings is 1. The minimum atomic E-state index is -0.605. The highest BCUT2D eigenvalue weighted by Gasteiger charge is 2.26. The number of hydrogen-bond donors (Lipinski definition) is 3. The van der Waals surface area contributed by atoms with Crippen molar-refractivity contribution in [2.24, 2.45) is 0 Å². The van der Waals surface area contributed by atoms with Gasteiger partial charge in [-0.1, -0.05) is 18.2 Å². The number of rotatable bonds is 4. The maximum Gasteiger partial charge on any atom is 0.255 e. The van der Waals surface area contributed by atoms with Gasteiger partial charge in [-0.3, -0.25) is 14.4 Å². The van der Waals surface area contributed by atoms with Crippen molar-refractivity contribution in [2.75, 3.05) is 22.9 Å². The maximum absolute atomic E-state index is 12.3. The van der Waals surface area contributed by atoms with E-state index in [-0.39, 0.29) is 17.4 Å². The average molecular weight is 377 g/mol. The molecule has 1 aromatic heterocycles. The quantitative estimate of drug-likeness (QED) is 0.559. The number of nitrogens with two attached hydrogens (primary N) is 2. The van der Waals surface area contributed by atoms with Crippen molar-refractivity contribution in [3.8, 4) is 0 Å². The molecule has 0 spiro atoms. The van der Waals surface area contributed by atoms with Crippen molar-refractivity contribution in [3.63, 3.8) is 0 Å². The molecule has 4 rings (SSSR count). The topological polar surface area (TPSA) is 131 Å². The number of hydrogen-bond acceptors (Lipinski definition) is 7. The van der Waals surface area contributed by atoms with Crippen LogP contribution in [0.15, 0.2) is 46.1 Å². The average Bonchev–Trinajstić information content (AvgIpc) is 2.72. The zero-order chi connectivity index (χ0) is 19.8.